The third-order valence-electron chi connectivity index (χ3n) is 3.10. The van der Waals surface area contributed by atoms with Crippen molar-refractivity contribution < 1.29 is 9.84 Å². The molecule has 1 unspecified atom stereocenters. The molecule has 4 N–H and O–H groups in total. The Hall–Kier alpha value is -1.10. The summed E-state index contributed by atoms with van der Waals surface area (Å²) in [6.45, 7) is 7.82. The van der Waals surface area contributed by atoms with Crippen molar-refractivity contribution in [2.75, 3.05) is 20.3 Å². The van der Waals surface area contributed by atoms with E-state index in [2.05, 4.69) is 38.2 Å². The molecule has 0 aliphatic carbocycles. The summed E-state index contributed by atoms with van der Waals surface area (Å²) in [6, 6.07) is 6.04. The first-order valence-electron chi connectivity index (χ1n) is 6.63. The van der Waals surface area contributed by atoms with E-state index in [9.17, 15) is 0 Å². The molecule has 19 heavy (non-hydrogen) atoms. The van der Waals surface area contributed by atoms with Gasteiger partial charge in [-0.1, -0.05) is 32.9 Å². The Bertz CT molecular complexity index is 400. The van der Waals surface area contributed by atoms with Crippen LogP contribution in [0.3, 0.4) is 0 Å². The van der Waals surface area contributed by atoms with Gasteiger partial charge in [0.2, 0.25) is 0 Å². The molecule has 0 bridgehead atoms. The lowest BCUT2D eigenvalue weighted by Crippen LogP contribution is -2.36. The molecule has 0 aliphatic heterocycles. The molecule has 0 aliphatic rings. The summed E-state index contributed by atoms with van der Waals surface area (Å²) in [7, 11) is 1.68. The van der Waals surface area contributed by atoms with Gasteiger partial charge in [-0.3, -0.25) is 0 Å². The molecule has 0 fully saturated rings. The molecule has 0 saturated heterocycles. The maximum absolute atomic E-state index is 8.89. The molecule has 0 aromatic heterocycles. The largest absolute Gasteiger partial charge is 0.496 e. The maximum atomic E-state index is 8.89. The van der Waals surface area contributed by atoms with Crippen LogP contribution < -0.4 is 15.8 Å². The summed E-state index contributed by atoms with van der Waals surface area (Å²) in [4.78, 5) is 0. The zero-order valence-corrected chi connectivity index (χ0v) is 12.4. The van der Waals surface area contributed by atoms with Crippen LogP contribution in [0.1, 0.15) is 31.9 Å². The van der Waals surface area contributed by atoms with E-state index in [0.29, 0.717) is 13.1 Å². The van der Waals surface area contributed by atoms with E-state index < -0.39 is 0 Å². The topological polar surface area (TPSA) is 67.5 Å². The highest BCUT2D eigenvalue weighted by molar-refractivity contribution is 5.39. The summed E-state index contributed by atoms with van der Waals surface area (Å²) >= 11 is 0. The quantitative estimate of drug-likeness (QED) is 0.728. The molecular weight excluding hydrogens is 240 g/mol. The fourth-order valence-electron chi connectivity index (χ4n) is 1.84. The number of hydrogen-bond donors (Lipinski definition) is 3. The number of rotatable bonds is 6. The van der Waals surface area contributed by atoms with Gasteiger partial charge in [-0.15, -0.1) is 0 Å². The molecule has 4 nitrogen and oxygen atoms in total. The number of aliphatic hydroxyl groups excluding tert-OH is 1. The Labute approximate surface area is 116 Å². The van der Waals surface area contributed by atoms with Crippen molar-refractivity contribution in [2.45, 2.75) is 38.8 Å². The van der Waals surface area contributed by atoms with Crippen LogP contribution in [0.15, 0.2) is 18.2 Å². The van der Waals surface area contributed by atoms with Crippen molar-refractivity contribution in [1.82, 2.24) is 5.32 Å². The van der Waals surface area contributed by atoms with Gasteiger partial charge in [0.15, 0.2) is 0 Å². The van der Waals surface area contributed by atoms with Gasteiger partial charge in [0.25, 0.3) is 0 Å². The molecule has 1 atom stereocenters. The first-order chi connectivity index (χ1) is 8.88. The number of nitrogens with one attached hydrogen (secondary N) is 1. The van der Waals surface area contributed by atoms with Crippen LogP contribution in [0.5, 0.6) is 5.75 Å². The predicted octanol–water partition coefficient (Wildman–Crippen LogP) is 1.40. The molecule has 0 heterocycles. The van der Waals surface area contributed by atoms with Crippen molar-refractivity contribution >= 4 is 0 Å². The van der Waals surface area contributed by atoms with Crippen LogP contribution in [0.25, 0.3) is 0 Å². The van der Waals surface area contributed by atoms with E-state index >= 15 is 0 Å². The minimum Gasteiger partial charge on any atom is -0.496 e. The summed E-state index contributed by atoms with van der Waals surface area (Å²) in [5.74, 6) is 0.873. The van der Waals surface area contributed by atoms with Crippen LogP contribution in [-0.2, 0) is 12.0 Å². The van der Waals surface area contributed by atoms with Gasteiger partial charge in [-0.2, -0.15) is 0 Å². The Morgan fingerprint density at radius 1 is 1.37 bits per heavy atom. The number of hydrogen-bond acceptors (Lipinski definition) is 4. The number of benzene rings is 1. The molecule has 0 amide bonds. The monoisotopic (exact) mass is 266 g/mol. The Balaban J connectivity index is 2.79. The van der Waals surface area contributed by atoms with Crippen LogP contribution in [-0.4, -0.2) is 31.4 Å². The number of methoxy groups -OCH3 is 1. The van der Waals surface area contributed by atoms with Crippen LogP contribution in [0.2, 0.25) is 0 Å². The predicted molar refractivity (Wildman–Crippen MR) is 78.5 cm³/mol. The van der Waals surface area contributed by atoms with E-state index in [1.165, 1.54) is 5.56 Å². The Morgan fingerprint density at radius 2 is 2.05 bits per heavy atom. The third kappa shape index (κ3) is 4.82. The van der Waals surface area contributed by atoms with Crippen LogP contribution in [0.4, 0.5) is 0 Å². The van der Waals surface area contributed by atoms with E-state index in [4.69, 9.17) is 15.6 Å². The average molecular weight is 266 g/mol. The van der Waals surface area contributed by atoms with Crippen molar-refractivity contribution in [3.63, 3.8) is 0 Å². The van der Waals surface area contributed by atoms with Gasteiger partial charge in [0.1, 0.15) is 5.75 Å². The van der Waals surface area contributed by atoms with E-state index in [1.54, 1.807) is 7.11 Å². The van der Waals surface area contributed by atoms with E-state index in [0.717, 1.165) is 11.3 Å². The SMILES string of the molecule is COc1ccc(C(C)(C)C)cc1CNCC(N)CO. The number of nitrogens with two attached hydrogens (primary N) is 1. The lowest BCUT2D eigenvalue weighted by molar-refractivity contribution is 0.262. The van der Waals surface area contributed by atoms with Gasteiger partial charge < -0.3 is 20.9 Å². The molecule has 1 aromatic rings. The summed E-state index contributed by atoms with van der Waals surface area (Å²) in [5, 5.41) is 12.1. The first-order valence-corrected chi connectivity index (χ1v) is 6.63. The van der Waals surface area contributed by atoms with E-state index in [1.807, 2.05) is 6.07 Å². The van der Waals surface area contributed by atoms with Gasteiger partial charge in [-0.05, 0) is 17.0 Å². The fourth-order valence-corrected chi connectivity index (χ4v) is 1.84. The van der Waals surface area contributed by atoms with Crippen molar-refractivity contribution in [3.05, 3.63) is 29.3 Å². The molecule has 1 rings (SSSR count). The lowest BCUT2D eigenvalue weighted by atomic mass is 9.86. The zero-order chi connectivity index (χ0) is 14.5. The van der Waals surface area contributed by atoms with Crippen molar-refractivity contribution in [1.29, 1.82) is 0 Å². The Kier molecular flexibility index (Phi) is 5.79. The maximum Gasteiger partial charge on any atom is 0.123 e. The molecule has 0 radical (unpaired) electrons. The highest BCUT2D eigenvalue weighted by Crippen LogP contribution is 2.27. The lowest BCUT2D eigenvalue weighted by Gasteiger charge is -2.21. The first kappa shape index (κ1) is 16.0. The fraction of sp³-hybridized carbons (Fsp3) is 0.600. The zero-order valence-electron chi connectivity index (χ0n) is 12.4. The highest BCUT2D eigenvalue weighted by Gasteiger charge is 2.15. The summed E-state index contributed by atoms with van der Waals surface area (Å²) < 4.78 is 5.38. The number of ether oxygens (including phenoxy) is 1. The van der Waals surface area contributed by atoms with Crippen LogP contribution >= 0.6 is 0 Å². The average Bonchev–Trinajstić information content (AvgIpc) is 2.37. The molecular formula is C15H26N2O2. The summed E-state index contributed by atoms with van der Waals surface area (Å²) in [6.07, 6.45) is 0. The van der Waals surface area contributed by atoms with Crippen molar-refractivity contribution in [2.24, 2.45) is 5.73 Å². The molecule has 108 valence electrons. The minimum atomic E-state index is -0.225. The minimum absolute atomic E-state index is 0.00777. The van der Waals surface area contributed by atoms with Crippen molar-refractivity contribution in [3.8, 4) is 5.75 Å². The van der Waals surface area contributed by atoms with Gasteiger partial charge >= 0.3 is 0 Å². The van der Waals surface area contributed by atoms with Gasteiger partial charge in [0.05, 0.1) is 13.7 Å². The molecule has 1 aromatic carbocycles. The van der Waals surface area contributed by atoms with Crippen LogP contribution in [0, 0.1) is 0 Å². The normalized spacial score (nSPS) is 13.4. The molecule has 0 saturated carbocycles. The molecule has 0 spiro atoms. The second kappa shape index (κ2) is 6.89. The van der Waals surface area contributed by atoms with E-state index in [-0.39, 0.29) is 18.1 Å². The van der Waals surface area contributed by atoms with Gasteiger partial charge in [0, 0.05) is 24.7 Å². The van der Waals surface area contributed by atoms with Gasteiger partial charge in [-0.25, -0.2) is 0 Å². The highest BCUT2D eigenvalue weighted by atomic mass is 16.5. The smallest absolute Gasteiger partial charge is 0.123 e. The third-order valence-corrected chi connectivity index (χ3v) is 3.10. The summed E-state index contributed by atoms with van der Waals surface area (Å²) in [5.41, 5.74) is 8.16. The second-order valence-electron chi connectivity index (χ2n) is 5.85. The second-order valence-corrected chi connectivity index (χ2v) is 5.85. The Morgan fingerprint density at radius 3 is 2.58 bits per heavy atom. The number of aliphatic hydroxyl groups is 1. The molecule has 4 heteroatoms. The standard InChI is InChI=1S/C15H26N2O2/c1-15(2,3)12-5-6-14(19-4)11(7-12)8-17-9-13(16)10-18/h5-7,13,17-18H,8-10,16H2,1-4H3.